The largest absolute Gasteiger partial charge is 0.465 e. The smallest absolute Gasteiger partial charge is 0.306 e. The number of carbonyl (C=O) groups is 1. The van der Waals surface area contributed by atoms with Crippen LogP contribution in [-0.2, 0) is 9.53 Å². The van der Waals surface area contributed by atoms with Gasteiger partial charge >= 0.3 is 5.97 Å². The van der Waals surface area contributed by atoms with Gasteiger partial charge in [0.2, 0.25) is 0 Å². The molecule has 0 aliphatic carbocycles. The van der Waals surface area contributed by atoms with E-state index in [0.29, 0.717) is 24.9 Å². The Morgan fingerprint density at radius 2 is 1.87 bits per heavy atom. The molecule has 0 aromatic rings. The summed E-state index contributed by atoms with van der Waals surface area (Å²) in [6, 6.07) is 0. The third-order valence-electron chi connectivity index (χ3n) is 2.39. The molecule has 0 saturated heterocycles. The Kier molecular flexibility index (Phi) is 8.44. The van der Waals surface area contributed by atoms with Crippen LogP contribution in [0.25, 0.3) is 0 Å². The molecule has 2 heteroatoms. The number of carbonyl (C=O) groups excluding carboxylic acids is 1. The second-order valence-corrected chi connectivity index (χ2v) is 4.88. The number of rotatable bonds is 8. The first-order valence-corrected chi connectivity index (χ1v) is 6.21. The molecule has 0 bridgehead atoms. The van der Waals surface area contributed by atoms with Crippen LogP contribution in [-0.4, -0.2) is 12.6 Å². The van der Waals surface area contributed by atoms with Crippen molar-refractivity contribution >= 4 is 5.97 Å². The molecular formula is C13H26O2. The van der Waals surface area contributed by atoms with Crippen LogP contribution in [0.3, 0.4) is 0 Å². The highest BCUT2D eigenvalue weighted by atomic mass is 16.5. The van der Waals surface area contributed by atoms with Gasteiger partial charge in [0.15, 0.2) is 0 Å². The summed E-state index contributed by atoms with van der Waals surface area (Å²) in [6.45, 7) is 8.99. The molecule has 0 aliphatic rings. The first-order chi connectivity index (χ1) is 7.06. The molecule has 0 fully saturated rings. The van der Waals surface area contributed by atoms with Crippen LogP contribution in [0.5, 0.6) is 0 Å². The molecule has 0 unspecified atom stereocenters. The van der Waals surface area contributed by atoms with Gasteiger partial charge in [0, 0.05) is 6.42 Å². The lowest BCUT2D eigenvalue weighted by Gasteiger charge is -2.11. The summed E-state index contributed by atoms with van der Waals surface area (Å²) in [5.74, 6) is 0.869. The lowest BCUT2D eigenvalue weighted by Crippen LogP contribution is -2.13. The van der Waals surface area contributed by atoms with E-state index in [1.54, 1.807) is 0 Å². The molecule has 0 N–H and O–H groups in total. The molecule has 0 heterocycles. The van der Waals surface area contributed by atoms with Gasteiger partial charge in [-0.25, -0.2) is 0 Å². The molecule has 0 amide bonds. The Hall–Kier alpha value is -0.530. The zero-order chi connectivity index (χ0) is 11.7. The van der Waals surface area contributed by atoms with Gasteiger partial charge in [0.25, 0.3) is 0 Å². The molecule has 0 spiro atoms. The Bertz CT molecular complexity index is 164. The fourth-order valence-electron chi connectivity index (χ4n) is 1.45. The lowest BCUT2D eigenvalue weighted by atomic mass is 10.0. The van der Waals surface area contributed by atoms with Gasteiger partial charge in [-0.3, -0.25) is 4.79 Å². The van der Waals surface area contributed by atoms with Gasteiger partial charge in [-0.05, 0) is 11.8 Å². The molecule has 0 aliphatic heterocycles. The highest BCUT2D eigenvalue weighted by molar-refractivity contribution is 5.69. The van der Waals surface area contributed by atoms with Crippen LogP contribution < -0.4 is 0 Å². The molecule has 1 atom stereocenters. The number of unbranched alkanes of at least 4 members (excludes halogenated alkanes) is 2. The molecule has 0 aromatic carbocycles. The topological polar surface area (TPSA) is 26.3 Å². The Morgan fingerprint density at radius 3 is 2.40 bits per heavy atom. The van der Waals surface area contributed by atoms with E-state index < -0.39 is 0 Å². The standard InChI is InChI=1S/C13H26O2/c1-5-6-7-8-12(4)9-13(14)15-10-11(2)3/h11-12H,5-10H2,1-4H3/t12-/m1/s1. The minimum absolute atomic E-state index is 0.0345. The monoisotopic (exact) mass is 214 g/mol. The van der Waals surface area contributed by atoms with E-state index in [2.05, 4.69) is 27.7 Å². The fraction of sp³-hybridized carbons (Fsp3) is 0.923. The van der Waals surface area contributed by atoms with Gasteiger partial charge in [0.05, 0.1) is 6.61 Å². The van der Waals surface area contributed by atoms with E-state index >= 15 is 0 Å². The van der Waals surface area contributed by atoms with Crippen molar-refractivity contribution in [1.29, 1.82) is 0 Å². The summed E-state index contributed by atoms with van der Waals surface area (Å²) < 4.78 is 5.14. The maximum Gasteiger partial charge on any atom is 0.306 e. The number of ether oxygens (including phenoxy) is 1. The van der Waals surface area contributed by atoms with Crippen LogP contribution in [0, 0.1) is 11.8 Å². The second-order valence-electron chi connectivity index (χ2n) is 4.88. The zero-order valence-electron chi connectivity index (χ0n) is 10.7. The summed E-state index contributed by atoms with van der Waals surface area (Å²) >= 11 is 0. The Balaban J connectivity index is 3.49. The third-order valence-corrected chi connectivity index (χ3v) is 2.39. The van der Waals surface area contributed by atoms with E-state index in [1.807, 2.05) is 0 Å². The first kappa shape index (κ1) is 14.5. The van der Waals surface area contributed by atoms with Crippen LogP contribution in [0.4, 0.5) is 0 Å². The van der Waals surface area contributed by atoms with Crippen molar-refractivity contribution in [3.05, 3.63) is 0 Å². The lowest BCUT2D eigenvalue weighted by molar-refractivity contribution is -0.145. The normalized spacial score (nSPS) is 12.9. The minimum Gasteiger partial charge on any atom is -0.465 e. The van der Waals surface area contributed by atoms with Crippen molar-refractivity contribution < 1.29 is 9.53 Å². The summed E-state index contributed by atoms with van der Waals surface area (Å²) in [6.07, 6.45) is 5.46. The van der Waals surface area contributed by atoms with Gasteiger partial charge in [0.1, 0.15) is 0 Å². The van der Waals surface area contributed by atoms with Crippen molar-refractivity contribution in [2.75, 3.05) is 6.61 Å². The van der Waals surface area contributed by atoms with Gasteiger partial charge in [-0.2, -0.15) is 0 Å². The molecule has 0 saturated carbocycles. The predicted molar refractivity (Wildman–Crippen MR) is 63.7 cm³/mol. The van der Waals surface area contributed by atoms with Crippen molar-refractivity contribution in [2.45, 2.75) is 59.8 Å². The van der Waals surface area contributed by atoms with Crippen molar-refractivity contribution in [3.8, 4) is 0 Å². The van der Waals surface area contributed by atoms with Crippen LogP contribution >= 0.6 is 0 Å². The molecule has 15 heavy (non-hydrogen) atoms. The average Bonchev–Trinajstić information content (AvgIpc) is 2.15. The van der Waals surface area contributed by atoms with E-state index in [4.69, 9.17) is 4.74 Å². The first-order valence-electron chi connectivity index (χ1n) is 6.21. The van der Waals surface area contributed by atoms with E-state index in [1.165, 1.54) is 19.3 Å². The number of hydrogen-bond donors (Lipinski definition) is 0. The second kappa shape index (κ2) is 8.75. The number of esters is 1. The summed E-state index contributed by atoms with van der Waals surface area (Å²) in [4.78, 5) is 11.4. The SMILES string of the molecule is CCCCC[C@@H](C)CC(=O)OCC(C)C. The van der Waals surface area contributed by atoms with Gasteiger partial charge in [-0.1, -0.05) is 53.4 Å². The number of hydrogen-bond acceptors (Lipinski definition) is 2. The molecule has 90 valence electrons. The van der Waals surface area contributed by atoms with Gasteiger partial charge < -0.3 is 4.74 Å². The predicted octanol–water partition coefficient (Wildman–Crippen LogP) is 3.79. The van der Waals surface area contributed by atoms with Crippen molar-refractivity contribution in [3.63, 3.8) is 0 Å². The third kappa shape index (κ3) is 9.77. The zero-order valence-corrected chi connectivity index (χ0v) is 10.7. The quantitative estimate of drug-likeness (QED) is 0.454. The average molecular weight is 214 g/mol. The summed E-state index contributed by atoms with van der Waals surface area (Å²) in [5, 5.41) is 0. The summed E-state index contributed by atoms with van der Waals surface area (Å²) in [5.41, 5.74) is 0. The molecule has 0 rings (SSSR count). The molecular weight excluding hydrogens is 188 g/mol. The minimum atomic E-state index is -0.0345. The van der Waals surface area contributed by atoms with Crippen LogP contribution in [0.15, 0.2) is 0 Å². The summed E-state index contributed by atoms with van der Waals surface area (Å²) in [7, 11) is 0. The molecule has 0 aromatic heterocycles. The molecule has 0 radical (unpaired) electrons. The van der Waals surface area contributed by atoms with E-state index in [9.17, 15) is 4.79 Å². The van der Waals surface area contributed by atoms with Crippen LogP contribution in [0.1, 0.15) is 59.8 Å². The van der Waals surface area contributed by atoms with Gasteiger partial charge in [-0.15, -0.1) is 0 Å². The maximum absolute atomic E-state index is 11.4. The van der Waals surface area contributed by atoms with E-state index in [-0.39, 0.29) is 5.97 Å². The molecule has 2 nitrogen and oxygen atoms in total. The van der Waals surface area contributed by atoms with Crippen LogP contribution in [0.2, 0.25) is 0 Å². The van der Waals surface area contributed by atoms with Crippen molar-refractivity contribution in [2.24, 2.45) is 11.8 Å². The van der Waals surface area contributed by atoms with E-state index in [0.717, 1.165) is 6.42 Å². The fourth-order valence-corrected chi connectivity index (χ4v) is 1.45. The highest BCUT2D eigenvalue weighted by Gasteiger charge is 2.10. The Labute approximate surface area is 94.4 Å². The maximum atomic E-state index is 11.4. The van der Waals surface area contributed by atoms with Crippen molar-refractivity contribution in [1.82, 2.24) is 0 Å². The Morgan fingerprint density at radius 1 is 1.20 bits per heavy atom. The highest BCUT2D eigenvalue weighted by Crippen LogP contribution is 2.13.